The SMILES string of the molecule is CCn1ccnc1COc1cc(Br)ccc1Cl. The van der Waals surface area contributed by atoms with Crippen LogP contribution in [0.5, 0.6) is 5.75 Å². The van der Waals surface area contributed by atoms with E-state index in [-0.39, 0.29) is 0 Å². The van der Waals surface area contributed by atoms with Gasteiger partial charge in [0.15, 0.2) is 0 Å². The molecule has 0 radical (unpaired) electrons. The van der Waals surface area contributed by atoms with Crippen molar-refractivity contribution in [3.05, 3.63) is 45.9 Å². The van der Waals surface area contributed by atoms with Crippen molar-refractivity contribution in [3.8, 4) is 5.75 Å². The Morgan fingerprint density at radius 2 is 2.29 bits per heavy atom. The van der Waals surface area contributed by atoms with Crippen molar-refractivity contribution in [2.24, 2.45) is 0 Å². The van der Waals surface area contributed by atoms with Gasteiger partial charge in [-0.1, -0.05) is 27.5 Å². The van der Waals surface area contributed by atoms with Crippen LogP contribution in [0, 0.1) is 0 Å². The second-order valence-corrected chi connectivity index (χ2v) is 4.82. The third-order valence-corrected chi connectivity index (χ3v) is 3.20. The fraction of sp³-hybridized carbons (Fsp3) is 0.250. The van der Waals surface area contributed by atoms with E-state index < -0.39 is 0 Å². The number of imidazole rings is 1. The third-order valence-electron chi connectivity index (χ3n) is 2.39. The number of ether oxygens (including phenoxy) is 1. The monoisotopic (exact) mass is 314 g/mol. The molecule has 0 saturated heterocycles. The zero-order chi connectivity index (χ0) is 12.3. The summed E-state index contributed by atoms with van der Waals surface area (Å²) in [5.74, 6) is 1.55. The van der Waals surface area contributed by atoms with Crippen molar-refractivity contribution in [2.75, 3.05) is 0 Å². The first kappa shape index (κ1) is 12.5. The fourth-order valence-electron chi connectivity index (χ4n) is 1.50. The van der Waals surface area contributed by atoms with Gasteiger partial charge in [-0.2, -0.15) is 0 Å². The Morgan fingerprint density at radius 1 is 1.47 bits per heavy atom. The van der Waals surface area contributed by atoms with Gasteiger partial charge in [-0.25, -0.2) is 4.98 Å². The number of nitrogens with zero attached hydrogens (tertiary/aromatic N) is 2. The Labute approximate surface area is 114 Å². The second-order valence-electron chi connectivity index (χ2n) is 3.49. The number of hydrogen-bond acceptors (Lipinski definition) is 2. The van der Waals surface area contributed by atoms with Gasteiger partial charge in [0.2, 0.25) is 0 Å². The molecule has 0 saturated carbocycles. The van der Waals surface area contributed by atoms with Gasteiger partial charge in [-0.3, -0.25) is 0 Å². The van der Waals surface area contributed by atoms with Crippen LogP contribution in [-0.4, -0.2) is 9.55 Å². The number of benzene rings is 1. The van der Waals surface area contributed by atoms with Gasteiger partial charge >= 0.3 is 0 Å². The van der Waals surface area contributed by atoms with Crippen LogP contribution in [-0.2, 0) is 13.2 Å². The van der Waals surface area contributed by atoms with Crippen molar-refractivity contribution in [3.63, 3.8) is 0 Å². The van der Waals surface area contributed by atoms with Crippen LogP contribution in [0.25, 0.3) is 0 Å². The lowest BCUT2D eigenvalue weighted by atomic mass is 10.3. The molecular formula is C12H12BrClN2O. The molecule has 5 heteroatoms. The zero-order valence-electron chi connectivity index (χ0n) is 9.36. The van der Waals surface area contributed by atoms with Gasteiger partial charge in [0.05, 0.1) is 5.02 Å². The van der Waals surface area contributed by atoms with E-state index in [0.717, 1.165) is 16.8 Å². The molecule has 2 rings (SSSR count). The lowest BCUT2D eigenvalue weighted by Crippen LogP contribution is -2.05. The van der Waals surface area contributed by atoms with E-state index in [1.165, 1.54) is 0 Å². The highest BCUT2D eigenvalue weighted by Gasteiger charge is 2.05. The standard InChI is InChI=1S/C12H12BrClN2O/c1-2-16-6-5-15-12(16)8-17-11-7-9(13)3-4-10(11)14/h3-7H,2,8H2,1H3. The van der Waals surface area contributed by atoms with Crippen LogP contribution in [0.3, 0.4) is 0 Å². The molecule has 1 aromatic carbocycles. The van der Waals surface area contributed by atoms with Crippen molar-refractivity contribution >= 4 is 27.5 Å². The van der Waals surface area contributed by atoms with Gasteiger partial charge in [-0.05, 0) is 25.1 Å². The second kappa shape index (κ2) is 5.56. The first-order valence-corrected chi connectivity index (χ1v) is 6.45. The number of halogens is 2. The molecule has 90 valence electrons. The Bertz CT molecular complexity index is 513. The Kier molecular flexibility index (Phi) is 4.07. The maximum Gasteiger partial charge on any atom is 0.146 e. The molecule has 0 aliphatic carbocycles. The average Bonchev–Trinajstić information content (AvgIpc) is 2.77. The Hall–Kier alpha value is -1.000. The first-order valence-electron chi connectivity index (χ1n) is 5.28. The molecule has 0 atom stereocenters. The molecule has 1 aromatic heterocycles. The molecule has 0 fully saturated rings. The van der Waals surface area contributed by atoms with Crippen LogP contribution in [0.15, 0.2) is 35.1 Å². The smallest absolute Gasteiger partial charge is 0.146 e. The normalized spacial score (nSPS) is 10.5. The minimum Gasteiger partial charge on any atom is -0.484 e. The van der Waals surface area contributed by atoms with E-state index in [0.29, 0.717) is 17.4 Å². The third kappa shape index (κ3) is 3.01. The lowest BCUT2D eigenvalue weighted by Gasteiger charge is -2.09. The van der Waals surface area contributed by atoms with Crippen molar-refractivity contribution < 1.29 is 4.74 Å². The quantitative estimate of drug-likeness (QED) is 0.855. The molecule has 0 aliphatic rings. The molecule has 2 aromatic rings. The van der Waals surface area contributed by atoms with Gasteiger partial charge in [-0.15, -0.1) is 0 Å². The van der Waals surface area contributed by atoms with Gasteiger partial charge in [0.25, 0.3) is 0 Å². The summed E-state index contributed by atoms with van der Waals surface area (Å²) in [5.41, 5.74) is 0. The summed E-state index contributed by atoms with van der Waals surface area (Å²) >= 11 is 9.42. The van der Waals surface area contributed by atoms with E-state index in [1.807, 2.05) is 22.9 Å². The van der Waals surface area contributed by atoms with Crippen LogP contribution >= 0.6 is 27.5 Å². The highest BCUT2D eigenvalue weighted by atomic mass is 79.9. The van der Waals surface area contributed by atoms with Crippen molar-refractivity contribution in [1.82, 2.24) is 9.55 Å². The fourth-order valence-corrected chi connectivity index (χ4v) is 2.01. The average molecular weight is 316 g/mol. The topological polar surface area (TPSA) is 27.1 Å². The van der Waals surface area contributed by atoms with Crippen molar-refractivity contribution in [1.29, 1.82) is 0 Å². The molecule has 0 amide bonds. The summed E-state index contributed by atoms with van der Waals surface area (Å²) in [6.07, 6.45) is 3.70. The lowest BCUT2D eigenvalue weighted by molar-refractivity contribution is 0.290. The highest BCUT2D eigenvalue weighted by Crippen LogP contribution is 2.28. The summed E-state index contributed by atoms with van der Waals surface area (Å²) in [6, 6.07) is 5.52. The predicted octanol–water partition coefficient (Wildman–Crippen LogP) is 3.90. The van der Waals surface area contributed by atoms with E-state index >= 15 is 0 Å². The summed E-state index contributed by atoms with van der Waals surface area (Å²) < 4.78 is 8.63. The number of aromatic nitrogens is 2. The molecule has 0 N–H and O–H groups in total. The predicted molar refractivity (Wildman–Crippen MR) is 71.4 cm³/mol. The van der Waals surface area contributed by atoms with Gasteiger partial charge in [0.1, 0.15) is 18.2 Å². The van der Waals surface area contributed by atoms with Crippen molar-refractivity contribution in [2.45, 2.75) is 20.1 Å². The molecule has 0 unspecified atom stereocenters. The van der Waals surface area contributed by atoms with Gasteiger partial charge < -0.3 is 9.30 Å². The molecule has 0 spiro atoms. The van der Waals surface area contributed by atoms with E-state index in [4.69, 9.17) is 16.3 Å². The summed E-state index contributed by atoms with van der Waals surface area (Å²) in [4.78, 5) is 4.24. The molecule has 0 aliphatic heterocycles. The first-order chi connectivity index (χ1) is 8.20. The maximum atomic E-state index is 6.04. The summed E-state index contributed by atoms with van der Waals surface area (Å²) in [5, 5.41) is 0.600. The zero-order valence-corrected chi connectivity index (χ0v) is 11.7. The van der Waals surface area contributed by atoms with Crippen LogP contribution in [0.4, 0.5) is 0 Å². The van der Waals surface area contributed by atoms with Crippen LogP contribution in [0.1, 0.15) is 12.7 Å². The number of aryl methyl sites for hydroxylation is 1. The highest BCUT2D eigenvalue weighted by molar-refractivity contribution is 9.10. The summed E-state index contributed by atoms with van der Waals surface area (Å²) in [6.45, 7) is 3.36. The molecule has 3 nitrogen and oxygen atoms in total. The molecular weight excluding hydrogens is 304 g/mol. The van der Waals surface area contributed by atoms with E-state index in [9.17, 15) is 0 Å². The maximum absolute atomic E-state index is 6.04. The molecule has 17 heavy (non-hydrogen) atoms. The minimum atomic E-state index is 0.414. The van der Waals surface area contributed by atoms with E-state index in [2.05, 4.69) is 27.8 Å². The number of rotatable bonds is 4. The largest absolute Gasteiger partial charge is 0.484 e. The summed E-state index contributed by atoms with van der Waals surface area (Å²) in [7, 11) is 0. The van der Waals surface area contributed by atoms with E-state index in [1.54, 1.807) is 12.3 Å². The van der Waals surface area contributed by atoms with Crippen LogP contribution in [0.2, 0.25) is 5.02 Å². The van der Waals surface area contributed by atoms with Gasteiger partial charge in [0, 0.05) is 23.4 Å². The number of hydrogen-bond donors (Lipinski definition) is 0. The Balaban J connectivity index is 2.09. The molecule has 1 heterocycles. The Morgan fingerprint density at radius 3 is 3.06 bits per heavy atom. The minimum absolute atomic E-state index is 0.414. The molecule has 0 bridgehead atoms. The van der Waals surface area contributed by atoms with Crippen LogP contribution < -0.4 is 4.74 Å².